The van der Waals surface area contributed by atoms with Crippen molar-refractivity contribution in [2.45, 2.75) is 26.7 Å². The maximum atomic E-state index is 11.4. The molecule has 1 amide bonds. The van der Waals surface area contributed by atoms with Crippen molar-refractivity contribution in [3.63, 3.8) is 0 Å². The van der Waals surface area contributed by atoms with Crippen LogP contribution in [0.4, 0.5) is 5.69 Å². The van der Waals surface area contributed by atoms with E-state index in [1.54, 1.807) is 0 Å². The second-order valence-electron chi connectivity index (χ2n) is 3.60. The number of aryl methyl sites for hydroxylation is 1. The largest absolute Gasteiger partial charge is 0.492 e. The SMILES string of the molecule is CCOc1cc(CCBr)ccc1NC(=O)CC. The number of alkyl halides is 1. The van der Waals surface area contributed by atoms with Crippen LogP contribution in [0, 0.1) is 0 Å². The summed E-state index contributed by atoms with van der Waals surface area (Å²) in [7, 11) is 0. The van der Waals surface area contributed by atoms with Gasteiger partial charge in [0, 0.05) is 11.8 Å². The maximum absolute atomic E-state index is 11.4. The molecule has 0 saturated carbocycles. The van der Waals surface area contributed by atoms with Crippen LogP contribution in [0.5, 0.6) is 5.75 Å². The fraction of sp³-hybridized carbons (Fsp3) is 0.462. The highest BCUT2D eigenvalue weighted by Crippen LogP contribution is 2.26. The lowest BCUT2D eigenvalue weighted by atomic mass is 10.1. The molecule has 1 aromatic rings. The molecule has 17 heavy (non-hydrogen) atoms. The van der Waals surface area contributed by atoms with Crippen molar-refractivity contribution in [3.05, 3.63) is 23.8 Å². The molecule has 0 bridgehead atoms. The van der Waals surface area contributed by atoms with Crippen LogP contribution in [0.1, 0.15) is 25.8 Å². The van der Waals surface area contributed by atoms with Gasteiger partial charge in [-0.2, -0.15) is 0 Å². The van der Waals surface area contributed by atoms with Crippen molar-refractivity contribution < 1.29 is 9.53 Å². The molecule has 0 atom stereocenters. The Kier molecular flexibility index (Phi) is 6.05. The molecule has 0 saturated heterocycles. The van der Waals surface area contributed by atoms with Crippen molar-refractivity contribution >= 4 is 27.5 Å². The van der Waals surface area contributed by atoms with Crippen molar-refractivity contribution in [3.8, 4) is 5.75 Å². The van der Waals surface area contributed by atoms with E-state index in [1.807, 2.05) is 32.0 Å². The van der Waals surface area contributed by atoms with Crippen molar-refractivity contribution in [2.75, 3.05) is 17.3 Å². The van der Waals surface area contributed by atoms with Crippen molar-refractivity contribution in [1.82, 2.24) is 0 Å². The third-order valence-corrected chi connectivity index (χ3v) is 2.72. The average Bonchev–Trinajstić information content (AvgIpc) is 2.33. The first kappa shape index (κ1) is 14.0. The van der Waals surface area contributed by atoms with E-state index in [4.69, 9.17) is 4.74 Å². The molecule has 1 aromatic carbocycles. The summed E-state index contributed by atoms with van der Waals surface area (Å²) < 4.78 is 5.54. The molecule has 0 aliphatic carbocycles. The highest BCUT2D eigenvalue weighted by molar-refractivity contribution is 9.09. The minimum Gasteiger partial charge on any atom is -0.492 e. The minimum atomic E-state index is -0.000746. The van der Waals surface area contributed by atoms with Gasteiger partial charge < -0.3 is 10.1 Å². The summed E-state index contributed by atoms with van der Waals surface area (Å²) in [6.45, 7) is 4.35. The van der Waals surface area contributed by atoms with E-state index in [0.29, 0.717) is 13.0 Å². The van der Waals surface area contributed by atoms with E-state index in [1.165, 1.54) is 5.56 Å². The lowest BCUT2D eigenvalue weighted by molar-refractivity contribution is -0.115. The molecule has 94 valence electrons. The Morgan fingerprint density at radius 1 is 1.41 bits per heavy atom. The third-order valence-electron chi connectivity index (χ3n) is 2.32. The van der Waals surface area contributed by atoms with E-state index in [0.717, 1.165) is 23.2 Å². The van der Waals surface area contributed by atoms with E-state index < -0.39 is 0 Å². The van der Waals surface area contributed by atoms with E-state index >= 15 is 0 Å². The fourth-order valence-electron chi connectivity index (χ4n) is 1.45. The Bertz CT molecular complexity index is 380. The van der Waals surface area contributed by atoms with Crippen LogP contribution >= 0.6 is 15.9 Å². The standard InChI is InChI=1S/C13H18BrNO2/c1-3-13(16)15-11-6-5-10(7-8-14)9-12(11)17-4-2/h5-6,9H,3-4,7-8H2,1-2H3,(H,15,16). The molecular formula is C13H18BrNO2. The van der Waals surface area contributed by atoms with Crippen LogP contribution in [0.15, 0.2) is 18.2 Å². The summed E-state index contributed by atoms with van der Waals surface area (Å²) in [6, 6.07) is 5.89. The van der Waals surface area contributed by atoms with Gasteiger partial charge in [0.15, 0.2) is 0 Å². The summed E-state index contributed by atoms with van der Waals surface area (Å²) in [5.41, 5.74) is 1.94. The van der Waals surface area contributed by atoms with Gasteiger partial charge in [0.25, 0.3) is 0 Å². The van der Waals surface area contributed by atoms with Gasteiger partial charge in [-0.25, -0.2) is 0 Å². The molecule has 1 rings (SSSR count). The predicted octanol–water partition coefficient (Wildman–Crippen LogP) is 3.37. The number of carbonyl (C=O) groups excluding carboxylic acids is 1. The van der Waals surface area contributed by atoms with Crippen molar-refractivity contribution in [2.24, 2.45) is 0 Å². The predicted molar refractivity (Wildman–Crippen MR) is 74.0 cm³/mol. The highest BCUT2D eigenvalue weighted by atomic mass is 79.9. The first-order valence-corrected chi connectivity index (χ1v) is 6.95. The number of hydrogen-bond donors (Lipinski definition) is 1. The van der Waals surface area contributed by atoms with Crippen LogP contribution in [0.3, 0.4) is 0 Å². The zero-order valence-corrected chi connectivity index (χ0v) is 11.8. The van der Waals surface area contributed by atoms with Crippen LogP contribution in [-0.4, -0.2) is 17.8 Å². The topological polar surface area (TPSA) is 38.3 Å². The fourth-order valence-corrected chi connectivity index (χ4v) is 1.91. The molecule has 0 radical (unpaired) electrons. The molecule has 4 heteroatoms. The molecule has 0 aliphatic heterocycles. The summed E-state index contributed by atoms with van der Waals surface area (Å²) in [4.78, 5) is 11.4. The van der Waals surface area contributed by atoms with Crippen LogP contribution < -0.4 is 10.1 Å². The first-order chi connectivity index (χ1) is 8.21. The highest BCUT2D eigenvalue weighted by Gasteiger charge is 2.07. The molecular weight excluding hydrogens is 282 g/mol. The number of ether oxygens (including phenoxy) is 1. The van der Waals surface area contributed by atoms with Gasteiger partial charge >= 0.3 is 0 Å². The zero-order valence-electron chi connectivity index (χ0n) is 10.3. The number of anilines is 1. The molecule has 0 fully saturated rings. The summed E-state index contributed by atoms with van der Waals surface area (Å²) in [6.07, 6.45) is 1.41. The van der Waals surface area contributed by atoms with Crippen LogP contribution in [0.25, 0.3) is 0 Å². The molecule has 3 nitrogen and oxygen atoms in total. The quantitative estimate of drug-likeness (QED) is 0.818. The van der Waals surface area contributed by atoms with Gasteiger partial charge in [-0.1, -0.05) is 28.9 Å². The van der Waals surface area contributed by atoms with E-state index in [2.05, 4.69) is 21.2 Å². The maximum Gasteiger partial charge on any atom is 0.224 e. The monoisotopic (exact) mass is 299 g/mol. The Labute approximate surface area is 111 Å². The average molecular weight is 300 g/mol. The number of carbonyl (C=O) groups is 1. The number of hydrogen-bond acceptors (Lipinski definition) is 2. The van der Waals surface area contributed by atoms with Gasteiger partial charge in [0.1, 0.15) is 5.75 Å². The lowest BCUT2D eigenvalue weighted by Crippen LogP contribution is -2.11. The normalized spacial score (nSPS) is 10.1. The molecule has 0 heterocycles. The Morgan fingerprint density at radius 2 is 2.18 bits per heavy atom. The summed E-state index contributed by atoms with van der Waals surface area (Å²) in [5.74, 6) is 0.743. The second kappa shape index (κ2) is 7.33. The molecule has 0 unspecified atom stereocenters. The smallest absolute Gasteiger partial charge is 0.224 e. The van der Waals surface area contributed by atoms with Gasteiger partial charge in [-0.15, -0.1) is 0 Å². The number of nitrogens with one attached hydrogen (secondary N) is 1. The van der Waals surface area contributed by atoms with Crippen molar-refractivity contribution in [1.29, 1.82) is 0 Å². The summed E-state index contributed by atoms with van der Waals surface area (Å²) >= 11 is 3.41. The zero-order chi connectivity index (χ0) is 12.7. The second-order valence-corrected chi connectivity index (χ2v) is 4.40. The van der Waals surface area contributed by atoms with Gasteiger partial charge in [-0.05, 0) is 31.0 Å². The number of halogens is 1. The number of amides is 1. The van der Waals surface area contributed by atoms with Gasteiger partial charge in [0.05, 0.1) is 12.3 Å². The Balaban J connectivity index is 2.90. The number of benzene rings is 1. The summed E-state index contributed by atoms with van der Waals surface area (Å²) in [5, 5.41) is 3.75. The van der Waals surface area contributed by atoms with Crippen LogP contribution in [0.2, 0.25) is 0 Å². The van der Waals surface area contributed by atoms with E-state index in [-0.39, 0.29) is 5.91 Å². The van der Waals surface area contributed by atoms with E-state index in [9.17, 15) is 4.79 Å². The van der Waals surface area contributed by atoms with Gasteiger partial charge in [-0.3, -0.25) is 4.79 Å². The first-order valence-electron chi connectivity index (χ1n) is 5.82. The molecule has 0 aromatic heterocycles. The third kappa shape index (κ3) is 4.38. The Morgan fingerprint density at radius 3 is 2.76 bits per heavy atom. The Hall–Kier alpha value is -1.03. The van der Waals surface area contributed by atoms with Gasteiger partial charge in [0.2, 0.25) is 5.91 Å². The minimum absolute atomic E-state index is 0.000746. The molecule has 1 N–H and O–H groups in total. The molecule has 0 spiro atoms. The van der Waals surface area contributed by atoms with Crippen LogP contribution in [-0.2, 0) is 11.2 Å². The lowest BCUT2D eigenvalue weighted by Gasteiger charge is -2.12. The molecule has 0 aliphatic rings. The number of rotatable bonds is 6.